The average molecular weight is 358 g/mol. The van der Waals surface area contributed by atoms with Gasteiger partial charge in [-0.1, -0.05) is 15.9 Å². The van der Waals surface area contributed by atoms with Gasteiger partial charge in [0.05, 0.1) is 5.41 Å². The Balaban J connectivity index is 1.74. The van der Waals surface area contributed by atoms with E-state index in [1.165, 1.54) is 24.2 Å². The number of ether oxygens (including phenoxy) is 1. The zero-order chi connectivity index (χ0) is 15.4. The van der Waals surface area contributed by atoms with Crippen molar-refractivity contribution < 1.29 is 14.3 Å². The van der Waals surface area contributed by atoms with Gasteiger partial charge in [0.15, 0.2) is 6.10 Å². The molecule has 21 heavy (non-hydrogen) atoms. The maximum absolute atomic E-state index is 12.8. The lowest BCUT2D eigenvalue weighted by molar-refractivity contribution is -0.178. The molecule has 0 heterocycles. The number of carbonyl (C=O) groups is 2. The summed E-state index contributed by atoms with van der Waals surface area (Å²) in [4.78, 5) is 26.1. The number of halogens is 1. The van der Waals surface area contributed by atoms with Crippen molar-refractivity contribution in [3.8, 4) is 0 Å². The van der Waals surface area contributed by atoms with Crippen LogP contribution in [0.4, 0.5) is 0 Å². The van der Waals surface area contributed by atoms with Crippen molar-refractivity contribution in [1.82, 2.24) is 4.90 Å². The Labute approximate surface area is 134 Å². The third kappa shape index (κ3) is 2.62. The number of esters is 1. The highest BCUT2D eigenvalue weighted by atomic mass is 79.9. The van der Waals surface area contributed by atoms with Crippen LogP contribution >= 0.6 is 15.9 Å². The Morgan fingerprint density at radius 2 is 1.76 bits per heavy atom. The maximum Gasteiger partial charge on any atom is 0.312 e. The van der Waals surface area contributed by atoms with Crippen molar-refractivity contribution in [1.29, 1.82) is 0 Å². The van der Waals surface area contributed by atoms with Crippen molar-refractivity contribution in [2.24, 2.45) is 17.3 Å². The molecule has 0 radical (unpaired) electrons. The minimum atomic E-state index is -0.688. The summed E-state index contributed by atoms with van der Waals surface area (Å²) < 4.78 is 5.68. The molecule has 4 fully saturated rings. The molecule has 4 aliphatic rings. The van der Waals surface area contributed by atoms with Crippen LogP contribution in [-0.2, 0) is 14.3 Å². The Kier molecular flexibility index (Phi) is 3.62. The van der Waals surface area contributed by atoms with Crippen LogP contribution in [-0.4, -0.2) is 41.3 Å². The van der Waals surface area contributed by atoms with E-state index >= 15 is 0 Å². The second-order valence-electron chi connectivity index (χ2n) is 7.67. The first kappa shape index (κ1) is 15.3. The fourth-order valence-corrected chi connectivity index (χ4v) is 6.54. The normalized spacial score (nSPS) is 41.7. The van der Waals surface area contributed by atoms with Gasteiger partial charge in [0.25, 0.3) is 5.91 Å². The van der Waals surface area contributed by atoms with Crippen LogP contribution in [0.15, 0.2) is 0 Å². The second kappa shape index (κ2) is 4.97. The SMILES string of the molecule is CC(OC(=O)C12CC3CC(CC(Br)(C3)C1)C2)C(=O)N(C)C. The Morgan fingerprint density at radius 3 is 2.24 bits per heavy atom. The predicted octanol–water partition coefficient (Wildman–Crippen LogP) is 2.74. The molecule has 0 aliphatic heterocycles. The zero-order valence-corrected chi connectivity index (χ0v) is 14.6. The molecular formula is C16H24BrNO3. The van der Waals surface area contributed by atoms with Gasteiger partial charge in [-0.15, -0.1) is 0 Å². The van der Waals surface area contributed by atoms with Gasteiger partial charge in [-0.2, -0.15) is 0 Å². The van der Waals surface area contributed by atoms with Gasteiger partial charge in [0.2, 0.25) is 0 Å². The highest BCUT2D eigenvalue weighted by Gasteiger charge is 2.60. The van der Waals surface area contributed by atoms with Crippen molar-refractivity contribution in [3.63, 3.8) is 0 Å². The molecule has 0 aromatic carbocycles. The maximum atomic E-state index is 12.8. The number of hydrogen-bond acceptors (Lipinski definition) is 3. The van der Waals surface area contributed by atoms with E-state index in [9.17, 15) is 9.59 Å². The number of hydrogen-bond donors (Lipinski definition) is 0. The smallest absolute Gasteiger partial charge is 0.312 e. The summed E-state index contributed by atoms with van der Waals surface area (Å²) in [7, 11) is 3.37. The number of carbonyl (C=O) groups excluding carboxylic acids is 2. The quantitative estimate of drug-likeness (QED) is 0.576. The van der Waals surface area contributed by atoms with Gasteiger partial charge in [0, 0.05) is 18.4 Å². The van der Waals surface area contributed by atoms with E-state index in [1.807, 2.05) is 0 Å². The van der Waals surface area contributed by atoms with Crippen LogP contribution in [0.2, 0.25) is 0 Å². The molecule has 0 aromatic rings. The lowest BCUT2D eigenvalue weighted by Crippen LogP contribution is -2.56. The molecule has 4 rings (SSSR count). The summed E-state index contributed by atoms with van der Waals surface area (Å²) in [5, 5.41) is 0. The van der Waals surface area contributed by atoms with Crippen molar-refractivity contribution in [2.75, 3.05) is 14.1 Å². The standard InChI is InChI=1S/C16H24BrNO3/c1-10(13(19)18(2)3)21-14(20)15-5-11-4-12(6-15)8-16(17,7-11)9-15/h10-12H,4-9H2,1-3H3. The number of alkyl halides is 1. The first-order valence-corrected chi connectivity index (χ1v) is 8.63. The van der Waals surface area contributed by atoms with Gasteiger partial charge in [-0.25, -0.2) is 0 Å². The number of rotatable bonds is 3. The summed E-state index contributed by atoms with van der Waals surface area (Å²) >= 11 is 3.90. The van der Waals surface area contributed by atoms with Crippen LogP contribution in [0, 0.1) is 17.3 Å². The second-order valence-corrected chi connectivity index (χ2v) is 9.35. The van der Waals surface area contributed by atoms with E-state index < -0.39 is 6.10 Å². The predicted molar refractivity (Wildman–Crippen MR) is 83.0 cm³/mol. The highest BCUT2D eigenvalue weighted by Crippen LogP contribution is 2.64. The highest BCUT2D eigenvalue weighted by molar-refractivity contribution is 9.10. The Hall–Kier alpha value is -0.580. The molecule has 0 saturated heterocycles. The van der Waals surface area contributed by atoms with Gasteiger partial charge in [-0.05, 0) is 57.3 Å². The minimum Gasteiger partial charge on any atom is -0.452 e. The van der Waals surface area contributed by atoms with E-state index in [2.05, 4.69) is 15.9 Å². The summed E-state index contributed by atoms with van der Waals surface area (Å²) in [6, 6.07) is 0. The average Bonchev–Trinajstić information content (AvgIpc) is 2.34. The zero-order valence-electron chi connectivity index (χ0n) is 13.0. The lowest BCUT2D eigenvalue weighted by atomic mass is 9.49. The largest absolute Gasteiger partial charge is 0.452 e. The van der Waals surface area contributed by atoms with Gasteiger partial charge >= 0.3 is 5.97 Å². The number of likely N-dealkylation sites (N-methyl/N-ethyl adjacent to an activating group) is 1. The van der Waals surface area contributed by atoms with E-state index in [4.69, 9.17) is 4.74 Å². The summed E-state index contributed by atoms with van der Waals surface area (Å²) in [6.45, 7) is 1.67. The fraction of sp³-hybridized carbons (Fsp3) is 0.875. The molecule has 118 valence electrons. The van der Waals surface area contributed by atoms with Crippen LogP contribution < -0.4 is 0 Å². The third-order valence-electron chi connectivity index (χ3n) is 5.50. The van der Waals surface area contributed by atoms with E-state index in [0.29, 0.717) is 11.8 Å². The van der Waals surface area contributed by atoms with Crippen molar-refractivity contribution in [3.05, 3.63) is 0 Å². The molecule has 5 heteroatoms. The molecule has 0 aromatic heterocycles. The minimum absolute atomic E-state index is 0.130. The Morgan fingerprint density at radius 1 is 1.19 bits per heavy atom. The topological polar surface area (TPSA) is 46.6 Å². The summed E-state index contributed by atoms with van der Waals surface area (Å²) in [6.07, 6.45) is 5.70. The van der Waals surface area contributed by atoms with Crippen molar-refractivity contribution >= 4 is 27.8 Å². The van der Waals surface area contributed by atoms with E-state index in [0.717, 1.165) is 19.3 Å². The molecule has 4 saturated carbocycles. The summed E-state index contributed by atoms with van der Waals surface area (Å²) in [5.74, 6) is 0.973. The van der Waals surface area contributed by atoms with Crippen LogP contribution in [0.3, 0.4) is 0 Å². The molecule has 1 amide bonds. The first-order valence-electron chi connectivity index (χ1n) is 7.84. The van der Waals surface area contributed by atoms with Gasteiger partial charge < -0.3 is 9.64 Å². The number of nitrogens with zero attached hydrogens (tertiary/aromatic N) is 1. The third-order valence-corrected chi connectivity index (χ3v) is 6.42. The molecule has 3 atom stereocenters. The fourth-order valence-electron chi connectivity index (χ4n) is 5.09. The van der Waals surface area contributed by atoms with Gasteiger partial charge in [-0.3, -0.25) is 9.59 Å². The van der Waals surface area contributed by atoms with E-state index in [1.54, 1.807) is 21.0 Å². The monoisotopic (exact) mass is 357 g/mol. The summed E-state index contributed by atoms with van der Waals surface area (Å²) in [5.41, 5.74) is -0.353. The first-order chi connectivity index (χ1) is 9.73. The van der Waals surface area contributed by atoms with Crippen LogP contribution in [0.25, 0.3) is 0 Å². The van der Waals surface area contributed by atoms with E-state index in [-0.39, 0.29) is 21.6 Å². The lowest BCUT2D eigenvalue weighted by Gasteiger charge is -2.58. The Bertz CT molecular complexity index is 462. The molecule has 0 N–H and O–H groups in total. The van der Waals surface area contributed by atoms with Crippen molar-refractivity contribution in [2.45, 2.75) is 55.9 Å². The molecule has 0 spiro atoms. The molecule has 4 nitrogen and oxygen atoms in total. The number of amides is 1. The molecular weight excluding hydrogens is 334 g/mol. The van der Waals surface area contributed by atoms with Crippen LogP contribution in [0.1, 0.15) is 45.4 Å². The molecule has 4 aliphatic carbocycles. The van der Waals surface area contributed by atoms with Crippen LogP contribution in [0.5, 0.6) is 0 Å². The van der Waals surface area contributed by atoms with Gasteiger partial charge in [0.1, 0.15) is 0 Å². The molecule has 3 unspecified atom stereocenters. The molecule has 4 bridgehead atoms.